The highest BCUT2D eigenvalue weighted by Crippen LogP contribution is 2.30. The van der Waals surface area contributed by atoms with Crippen LogP contribution in [0.25, 0.3) is 0 Å². The molecular formula is C14H18FN3O. The molecule has 2 aromatic rings. The van der Waals surface area contributed by atoms with Crippen molar-refractivity contribution in [3.8, 4) is 11.5 Å². The zero-order valence-corrected chi connectivity index (χ0v) is 11.3. The van der Waals surface area contributed by atoms with Crippen LogP contribution in [0.1, 0.15) is 38.4 Å². The number of nitrogens with two attached hydrogens (primary N) is 1. The van der Waals surface area contributed by atoms with Crippen LogP contribution < -0.4 is 10.5 Å². The normalized spacial score (nSPS) is 12.7. The van der Waals surface area contributed by atoms with Crippen molar-refractivity contribution in [1.29, 1.82) is 0 Å². The predicted molar refractivity (Wildman–Crippen MR) is 71.7 cm³/mol. The molecule has 0 amide bonds. The number of benzene rings is 1. The van der Waals surface area contributed by atoms with Gasteiger partial charge in [-0.25, -0.2) is 4.39 Å². The number of halogens is 1. The zero-order chi connectivity index (χ0) is 14.0. The Hall–Kier alpha value is -1.88. The molecule has 1 atom stereocenters. The van der Waals surface area contributed by atoms with Crippen molar-refractivity contribution in [3.63, 3.8) is 0 Å². The van der Waals surface area contributed by atoms with Crippen molar-refractivity contribution in [2.24, 2.45) is 5.73 Å². The van der Waals surface area contributed by atoms with Gasteiger partial charge in [-0.15, -0.1) is 0 Å². The second-order valence-corrected chi connectivity index (χ2v) is 4.79. The summed E-state index contributed by atoms with van der Waals surface area (Å²) in [6, 6.07) is 4.50. The molecule has 19 heavy (non-hydrogen) atoms. The first-order valence-corrected chi connectivity index (χ1v) is 6.25. The third-order valence-corrected chi connectivity index (χ3v) is 2.80. The highest BCUT2D eigenvalue weighted by molar-refractivity contribution is 5.39. The van der Waals surface area contributed by atoms with Crippen LogP contribution in [-0.2, 0) is 0 Å². The van der Waals surface area contributed by atoms with Gasteiger partial charge in [-0.2, -0.15) is 5.10 Å². The second kappa shape index (κ2) is 5.40. The summed E-state index contributed by atoms with van der Waals surface area (Å²) in [4.78, 5) is 0. The number of hydrogen-bond donors (Lipinski definition) is 1. The van der Waals surface area contributed by atoms with Gasteiger partial charge in [0.15, 0.2) is 5.75 Å². The standard InChI is InChI=1S/C14H18FN3O/c1-9(2)18-8-11(7-17-18)19-13-6-4-5-12(15)14(13)10(3)16/h4-10H,16H2,1-3H3/t10-/m1/s1. The van der Waals surface area contributed by atoms with Crippen LogP contribution in [-0.4, -0.2) is 9.78 Å². The highest BCUT2D eigenvalue weighted by atomic mass is 19.1. The molecule has 0 fully saturated rings. The lowest BCUT2D eigenvalue weighted by Gasteiger charge is -2.13. The van der Waals surface area contributed by atoms with Gasteiger partial charge < -0.3 is 10.5 Å². The van der Waals surface area contributed by atoms with Gasteiger partial charge in [0.2, 0.25) is 0 Å². The maximum absolute atomic E-state index is 13.8. The fourth-order valence-corrected chi connectivity index (χ4v) is 1.83. The quantitative estimate of drug-likeness (QED) is 0.919. The molecule has 0 radical (unpaired) electrons. The molecule has 2 N–H and O–H groups in total. The lowest BCUT2D eigenvalue weighted by molar-refractivity contribution is 0.457. The molecule has 1 heterocycles. The van der Waals surface area contributed by atoms with E-state index < -0.39 is 6.04 Å². The van der Waals surface area contributed by atoms with E-state index in [0.29, 0.717) is 17.1 Å². The highest BCUT2D eigenvalue weighted by Gasteiger charge is 2.15. The van der Waals surface area contributed by atoms with E-state index in [1.807, 2.05) is 13.8 Å². The van der Waals surface area contributed by atoms with Crippen LogP contribution in [0.3, 0.4) is 0 Å². The van der Waals surface area contributed by atoms with Gasteiger partial charge in [-0.3, -0.25) is 4.68 Å². The summed E-state index contributed by atoms with van der Waals surface area (Å²) in [5, 5.41) is 4.18. The summed E-state index contributed by atoms with van der Waals surface area (Å²) in [5.74, 6) is 0.642. The molecule has 4 nitrogen and oxygen atoms in total. The minimum Gasteiger partial charge on any atom is -0.454 e. The first-order valence-electron chi connectivity index (χ1n) is 6.25. The van der Waals surface area contributed by atoms with Crippen LogP contribution in [0.5, 0.6) is 11.5 Å². The minimum atomic E-state index is -0.434. The van der Waals surface area contributed by atoms with Gasteiger partial charge >= 0.3 is 0 Å². The van der Waals surface area contributed by atoms with Crippen LogP contribution >= 0.6 is 0 Å². The van der Waals surface area contributed by atoms with Crippen molar-refractivity contribution in [2.45, 2.75) is 32.9 Å². The van der Waals surface area contributed by atoms with Crippen molar-refractivity contribution in [1.82, 2.24) is 9.78 Å². The average molecular weight is 263 g/mol. The molecule has 1 aromatic heterocycles. The Kier molecular flexibility index (Phi) is 3.85. The summed E-state index contributed by atoms with van der Waals surface area (Å²) in [7, 11) is 0. The summed E-state index contributed by atoms with van der Waals surface area (Å²) in [6.07, 6.45) is 3.39. The molecule has 0 saturated heterocycles. The Labute approximate surface area is 112 Å². The number of rotatable bonds is 4. The molecule has 0 bridgehead atoms. The Bertz CT molecular complexity index is 564. The molecule has 1 aromatic carbocycles. The number of aromatic nitrogens is 2. The monoisotopic (exact) mass is 263 g/mol. The Morgan fingerprint density at radius 3 is 2.63 bits per heavy atom. The SMILES string of the molecule is CC(C)n1cc(Oc2cccc(F)c2[C@@H](C)N)cn1. The molecular weight excluding hydrogens is 245 g/mol. The van der Waals surface area contributed by atoms with E-state index in [2.05, 4.69) is 5.10 Å². The molecule has 0 aliphatic carbocycles. The van der Waals surface area contributed by atoms with E-state index in [1.54, 1.807) is 36.1 Å². The third kappa shape index (κ3) is 2.93. The smallest absolute Gasteiger partial charge is 0.165 e. The maximum Gasteiger partial charge on any atom is 0.165 e. The summed E-state index contributed by atoms with van der Waals surface area (Å²) in [5.41, 5.74) is 6.16. The molecule has 0 aliphatic rings. The summed E-state index contributed by atoms with van der Waals surface area (Å²) in [6.45, 7) is 5.77. The summed E-state index contributed by atoms with van der Waals surface area (Å²) < 4.78 is 21.2. The third-order valence-electron chi connectivity index (χ3n) is 2.80. The fraction of sp³-hybridized carbons (Fsp3) is 0.357. The molecule has 5 heteroatoms. The van der Waals surface area contributed by atoms with Gasteiger partial charge in [0.25, 0.3) is 0 Å². The topological polar surface area (TPSA) is 53.1 Å². The van der Waals surface area contributed by atoms with Gasteiger partial charge in [-0.05, 0) is 32.9 Å². The predicted octanol–water partition coefficient (Wildman–Crippen LogP) is 3.42. The minimum absolute atomic E-state index is 0.248. The average Bonchev–Trinajstić information content (AvgIpc) is 2.77. The van der Waals surface area contributed by atoms with Crippen molar-refractivity contribution >= 4 is 0 Å². The largest absolute Gasteiger partial charge is 0.454 e. The molecule has 0 saturated carbocycles. The van der Waals surface area contributed by atoms with Crippen LogP contribution in [0, 0.1) is 5.82 Å². The van der Waals surface area contributed by atoms with Crippen molar-refractivity contribution in [3.05, 3.63) is 42.0 Å². The summed E-state index contributed by atoms with van der Waals surface area (Å²) >= 11 is 0. The number of ether oxygens (including phenoxy) is 1. The van der Waals surface area contributed by atoms with E-state index >= 15 is 0 Å². The van der Waals surface area contributed by atoms with E-state index in [4.69, 9.17) is 10.5 Å². The van der Waals surface area contributed by atoms with Crippen molar-refractivity contribution < 1.29 is 9.13 Å². The number of hydrogen-bond acceptors (Lipinski definition) is 3. The maximum atomic E-state index is 13.8. The van der Waals surface area contributed by atoms with E-state index in [1.165, 1.54) is 6.07 Å². The van der Waals surface area contributed by atoms with Crippen LogP contribution in [0.2, 0.25) is 0 Å². The lowest BCUT2D eigenvalue weighted by atomic mass is 10.1. The van der Waals surface area contributed by atoms with Gasteiger partial charge in [0.05, 0.1) is 12.4 Å². The van der Waals surface area contributed by atoms with Crippen LogP contribution in [0.4, 0.5) is 4.39 Å². The van der Waals surface area contributed by atoms with E-state index in [-0.39, 0.29) is 11.9 Å². The first-order chi connectivity index (χ1) is 8.99. The lowest BCUT2D eigenvalue weighted by Crippen LogP contribution is -2.09. The van der Waals surface area contributed by atoms with Crippen molar-refractivity contribution in [2.75, 3.05) is 0 Å². The van der Waals surface area contributed by atoms with E-state index in [0.717, 1.165) is 0 Å². The van der Waals surface area contributed by atoms with E-state index in [9.17, 15) is 4.39 Å². The Morgan fingerprint density at radius 1 is 1.32 bits per heavy atom. The molecule has 102 valence electrons. The molecule has 0 spiro atoms. The molecule has 0 unspecified atom stereocenters. The van der Waals surface area contributed by atoms with Gasteiger partial charge in [0, 0.05) is 17.6 Å². The Balaban J connectivity index is 2.30. The first kappa shape index (κ1) is 13.5. The second-order valence-electron chi connectivity index (χ2n) is 4.79. The zero-order valence-electron chi connectivity index (χ0n) is 11.3. The number of nitrogens with zero attached hydrogens (tertiary/aromatic N) is 2. The molecule has 0 aliphatic heterocycles. The van der Waals surface area contributed by atoms with Crippen LogP contribution in [0.15, 0.2) is 30.6 Å². The molecule has 2 rings (SSSR count). The van der Waals surface area contributed by atoms with Gasteiger partial charge in [0.1, 0.15) is 11.6 Å². The van der Waals surface area contributed by atoms with Gasteiger partial charge in [-0.1, -0.05) is 6.07 Å². The Morgan fingerprint density at radius 2 is 2.05 bits per heavy atom. The fourth-order valence-electron chi connectivity index (χ4n) is 1.83.